The zero-order valence-electron chi connectivity index (χ0n) is 17.1. The Labute approximate surface area is 221 Å². The number of anilines is 1. The first kappa shape index (κ1) is 25.4. The molecule has 1 heterocycles. The minimum absolute atomic E-state index is 0.0652. The molecule has 0 fully saturated rings. The standard InChI is InChI=1S/C22H16Cl5N3O3S/c23-13-3-1-12(2-4-13)21-8-15(29-30(21)20-6-5-14(24)7-17(20)25)11-28-34(32,33)16-9-18(26)22(31)19(27)10-16/h1-7,9-10,21,28,31H,8,11H2. The van der Waals surface area contributed by atoms with E-state index in [1.54, 1.807) is 35.3 Å². The summed E-state index contributed by atoms with van der Waals surface area (Å²) >= 11 is 30.3. The highest BCUT2D eigenvalue weighted by Crippen LogP contribution is 2.40. The molecular formula is C22H16Cl5N3O3S. The third-order valence-electron chi connectivity index (χ3n) is 5.15. The molecule has 0 radical (unpaired) electrons. The summed E-state index contributed by atoms with van der Waals surface area (Å²) in [6, 6.07) is 14.4. The highest BCUT2D eigenvalue weighted by Gasteiger charge is 2.31. The van der Waals surface area contributed by atoms with Crippen LogP contribution in [0.25, 0.3) is 0 Å². The predicted octanol–water partition coefficient (Wildman–Crippen LogP) is 6.95. The summed E-state index contributed by atoms with van der Waals surface area (Å²) in [5.74, 6) is -0.385. The minimum atomic E-state index is -3.98. The van der Waals surface area contributed by atoms with Crippen LogP contribution in [0.5, 0.6) is 5.75 Å². The number of rotatable bonds is 6. The van der Waals surface area contributed by atoms with E-state index in [0.717, 1.165) is 17.7 Å². The number of phenolic OH excluding ortho intramolecular Hbond substituents is 1. The lowest BCUT2D eigenvalue weighted by molar-refractivity contribution is 0.475. The molecule has 12 heteroatoms. The van der Waals surface area contributed by atoms with Gasteiger partial charge in [0, 0.05) is 16.5 Å². The summed E-state index contributed by atoms with van der Waals surface area (Å²) in [5, 5.41) is 17.2. The maximum absolute atomic E-state index is 12.8. The number of hydrazone groups is 1. The van der Waals surface area contributed by atoms with Crippen LogP contribution in [0.1, 0.15) is 18.0 Å². The van der Waals surface area contributed by atoms with Crippen LogP contribution in [-0.4, -0.2) is 25.8 Å². The van der Waals surface area contributed by atoms with E-state index < -0.39 is 10.0 Å². The molecule has 1 aliphatic rings. The molecule has 6 nitrogen and oxygen atoms in total. The van der Waals surface area contributed by atoms with Crippen molar-refractivity contribution in [2.45, 2.75) is 17.4 Å². The summed E-state index contributed by atoms with van der Waals surface area (Å²) in [6.07, 6.45) is 0.431. The van der Waals surface area contributed by atoms with Crippen LogP contribution >= 0.6 is 58.0 Å². The van der Waals surface area contributed by atoms with Crippen molar-refractivity contribution in [3.05, 3.63) is 85.3 Å². The Morgan fingerprint density at radius 1 is 0.912 bits per heavy atom. The van der Waals surface area contributed by atoms with Crippen LogP contribution in [0.2, 0.25) is 25.1 Å². The smallest absolute Gasteiger partial charge is 0.241 e. The van der Waals surface area contributed by atoms with Crippen LogP contribution in [0.15, 0.2) is 64.6 Å². The number of hydrogen-bond donors (Lipinski definition) is 2. The highest BCUT2D eigenvalue weighted by molar-refractivity contribution is 7.89. The van der Waals surface area contributed by atoms with Gasteiger partial charge in [-0.15, -0.1) is 0 Å². The molecule has 1 aliphatic heterocycles. The van der Waals surface area contributed by atoms with Gasteiger partial charge in [0.1, 0.15) is 0 Å². The van der Waals surface area contributed by atoms with Gasteiger partial charge in [-0.1, -0.05) is 70.1 Å². The van der Waals surface area contributed by atoms with Gasteiger partial charge in [0.15, 0.2) is 5.75 Å². The number of aromatic hydroxyl groups is 1. The number of sulfonamides is 1. The molecule has 3 aromatic carbocycles. The van der Waals surface area contributed by atoms with Crippen LogP contribution in [-0.2, 0) is 10.0 Å². The maximum Gasteiger partial charge on any atom is 0.241 e. The average Bonchev–Trinajstić information content (AvgIpc) is 3.20. The Bertz CT molecular complexity index is 1360. The van der Waals surface area contributed by atoms with Gasteiger partial charge in [0.05, 0.1) is 43.9 Å². The van der Waals surface area contributed by atoms with E-state index in [1.165, 1.54) is 0 Å². The third kappa shape index (κ3) is 5.41. The molecular weight excluding hydrogens is 564 g/mol. The highest BCUT2D eigenvalue weighted by atomic mass is 35.5. The first-order valence-electron chi connectivity index (χ1n) is 9.79. The molecule has 34 heavy (non-hydrogen) atoms. The van der Waals surface area contributed by atoms with Gasteiger partial charge >= 0.3 is 0 Å². The first-order chi connectivity index (χ1) is 16.0. The molecule has 178 valence electrons. The summed E-state index contributed by atoms with van der Waals surface area (Å²) in [6.45, 7) is -0.0652. The number of halogens is 5. The van der Waals surface area contributed by atoms with Gasteiger partial charge in [0.2, 0.25) is 10.0 Å². The zero-order chi connectivity index (χ0) is 24.6. The fraction of sp³-hybridized carbons (Fsp3) is 0.136. The Balaban J connectivity index is 1.62. The van der Waals surface area contributed by atoms with E-state index in [4.69, 9.17) is 58.0 Å². The maximum atomic E-state index is 12.8. The summed E-state index contributed by atoms with van der Waals surface area (Å²) < 4.78 is 28.1. The zero-order valence-corrected chi connectivity index (χ0v) is 21.7. The van der Waals surface area contributed by atoms with E-state index in [1.807, 2.05) is 12.1 Å². The number of nitrogens with one attached hydrogen (secondary N) is 1. The molecule has 0 saturated heterocycles. The number of nitrogens with zero attached hydrogens (tertiary/aromatic N) is 2. The average molecular weight is 580 g/mol. The van der Waals surface area contributed by atoms with E-state index in [0.29, 0.717) is 32.9 Å². The lowest BCUT2D eigenvalue weighted by atomic mass is 10.0. The van der Waals surface area contributed by atoms with Crippen LogP contribution in [0.3, 0.4) is 0 Å². The normalized spacial score (nSPS) is 16.1. The molecule has 0 spiro atoms. The second-order valence-electron chi connectivity index (χ2n) is 7.44. The summed E-state index contributed by atoms with van der Waals surface area (Å²) in [7, 11) is -3.98. The SMILES string of the molecule is O=S(=O)(NCC1=NN(c2ccc(Cl)cc2Cl)C(c2ccc(Cl)cc2)C1)c1cc(Cl)c(O)c(Cl)c1. The fourth-order valence-electron chi connectivity index (χ4n) is 3.47. The Morgan fingerprint density at radius 3 is 2.15 bits per heavy atom. The Hall–Kier alpha value is -1.71. The molecule has 4 rings (SSSR count). The first-order valence-corrected chi connectivity index (χ1v) is 13.2. The Morgan fingerprint density at radius 2 is 1.53 bits per heavy atom. The molecule has 3 aromatic rings. The van der Waals surface area contributed by atoms with Gasteiger partial charge in [0.25, 0.3) is 0 Å². The molecule has 0 aliphatic carbocycles. The van der Waals surface area contributed by atoms with Gasteiger partial charge in [-0.25, -0.2) is 13.1 Å². The lowest BCUT2D eigenvalue weighted by Crippen LogP contribution is -2.29. The van der Waals surface area contributed by atoms with Gasteiger partial charge in [-0.2, -0.15) is 5.10 Å². The molecule has 0 saturated carbocycles. The number of phenols is 1. The fourth-order valence-corrected chi connectivity index (χ4v) is 5.78. The van der Waals surface area contributed by atoms with E-state index in [2.05, 4.69) is 9.82 Å². The summed E-state index contributed by atoms with van der Waals surface area (Å²) in [4.78, 5) is -0.175. The largest absolute Gasteiger partial charge is 0.505 e. The monoisotopic (exact) mass is 577 g/mol. The van der Waals surface area contributed by atoms with E-state index in [-0.39, 0.29) is 33.3 Å². The number of benzene rings is 3. The summed E-state index contributed by atoms with van der Waals surface area (Å²) in [5.41, 5.74) is 2.13. The topological polar surface area (TPSA) is 82.0 Å². The molecule has 0 aromatic heterocycles. The minimum Gasteiger partial charge on any atom is -0.505 e. The third-order valence-corrected chi connectivity index (χ3v) is 7.90. The van der Waals surface area contributed by atoms with Crippen molar-refractivity contribution in [1.29, 1.82) is 0 Å². The lowest BCUT2D eigenvalue weighted by Gasteiger charge is -2.25. The number of hydrogen-bond acceptors (Lipinski definition) is 5. The van der Waals surface area contributed by atoms with Crippen molar-refractivity contribution in [3.63, 3.8) is 0 Å². The molecule has 0 amide bonds. The van der Waals surface area contributed by atoms with Crippen molar-refractivity contribution in [3.8, 4) is 5.75 Å². The second kappa shape index (κ2) is 10.1. The molecule has 2 N–H and O–H groups in total. The molecule has 0 bridgehead atoms. The van der Waals surface area contributed by atoms with Gasteiger partial charge in [-0.05, 0) is 48.0 Å². The van der Waals surface area contributed by atoms with Crippen LogP contribution in [0.4, 0.5) is 5.69 Å². The van der Waals surface area contributed by atoms with Crippen molar-refractivity contribution >= 4 is 79.4 Å². The van der Waals surface area contributed by atoms with Crippen molar-refractivity contribution in [1.82, 2.24) is 4.72 Å². The quantitative estimate of drug-likeness (QED) is 0.331. The van der Waals surface area contributed by atoms with Gasteiger partial charge < -0.3 is 5.11 Å². The van der Waals surface area contributed by atoms with Gasteiger partial charge in [-0.3, -0.25) is 5.01 Å². The molecule has 1 unspecified atom stereocenters. The second-order valence-corrected chi connectivity index (χ2v) is 11.3. The van der Waals surface area contributed by atoms with E-state index in [9.17, 15) is 13.5 Å². The molecule has 1 atom stereocenters. The van der Waals surface area contributed by atoms with E-state index >= 15 is 0 Å². The van der Waals surface area contributed by atoms with Crippen molar-refractivity contribution in [2.75, 3.05) is 11.6 Å². The Kier molecular flexibility index (Phi) is 7.55. The van der Waals surface area contributed by atoms with Crippen LogP contribution < -0.4 is 9.73 Å². The van der Waals surface area contributed by atoms with Crippen molar-refractivity contribution < 1.29 is 13.5 Å². The van der Waals surface area contributed by atoms with Crippen LogP contribution in [0, 0.1) is 0 Å². The predicted molar refractivity (Wildman–Crippen MR) is 139 cm³/mol. The van der Waals surface area contributed by atoms with Crippen molar-refractivity contribution in [2.24, 2.45) is 5.10 Å².